The fraction of sp³-hybridized carbons (Fsp3) is 0.818. The fourth-order valence-corrected chi connectivity index (χ4v) is 2.18. The lowest BCUT2D eigenvalue weighted by Crippen LogP contribution is -2.48. The Morgan fingerprint density at radius 3 is 3.12 bits per heavy atom. The molecule has 0 radical (unpaired) electrons. The molecule has 0 spiro atoms. The van der Waals surface area contributed by atoms with E-state index in [1.54, 1.807) is 0 Å². The summed E-state index contributed by atoms with van der Waals surface area (Å²) in [6.07, 6.45) is 2.43. The molecule has 2 fully saturated rings. The fourth-order valence-electron chi connectivity index (χ4n) is 2.18. The van der Waals surface area contributed by atoms with Gasteiger partial charge >= 0.3 is 0 Å². The molecule has 2 heterocycles. The Labute approximate surface area is 95.2 Å². The molecule has 3 rings (SSSR count). The van der Waals surface area contributed by atoms with E-state index in [9.17, 15) is 0 Å². The number of hydrogen-bond acceptors (Lipinski definition) is 5. The van der Waals surface area contributed by atoms with Crippen molar-refractivity contribution in [1.29, 1.82) is 0 Å². The highest BCUT2D eigenvalue weighted by Crippen LogP contribution is 2.38. The van der Waals surface area contributed by atoms with Crippen molar-refractivity contribution >= 4 is 0 Å². The van der Waals surface area contributed by atoms with Crippen molar-refractivity contribution in [2.75, 3.05) is 19.6 Å². The molecule has 16 heavy (non-hydrogen) atoms. The van der Waals surface area contributed by atoms with Crippen LogP contribution in [-0.4, -0.2) is 40.7 Å². The third kappa shape index (κ3) is 2.25. The van der Waals surface area contributed by atoms with Crippen LogP contribution in [0.4, 0.5) is 0 Å². The van der Waals surface area contributed by atoms with Crippen molar-refractivity contribution in [3.63, 3.8) is 0 Å². The molecule has 1 saturated carbocycles. The second-order valence-electron chi connectivity index (χ2n) is 4.91. The minimum Gasteiger partial charge on any atom is -0.339 e. The first-order valence-corrected chi connectivity index (χ1v) is 6.09. The zero-order valence-electron chi connectivity index (χ0n) is 9.65. The van der Waals surface area contributed by atoms with Crippen LogP contribution in [0.5, 0.6) is 0 Å². The van der Waals surface area contributed by atoms with Crippen molar-refractivity contribution in [2.24, 2.45) is 0 Å². The maximum Gasteiger partial charge on any atom is 0.229 e. The van der Waals surface area contributed by atoms with Gasteiger partial charge in [0, 0.05) is 31.6 Å². The van der Waals surface area contributed by atoms with Crippen molar-refractivity contribution < 1.29 is 4.52 Å². The zero-order chi connectivity index (χ0) is 11.0. The van der Waals surface area contributed by atoms with Crippen LogP contribution in [0.3, 0.4) is 0 Å². The summed E-state index contributed by atoms with van der Waals surface area (Å²) in [6, 6.07) is 0.559. The molecule has 2 aliphatic rings. The summed E-state index contributed by atoms with van der Waals surface area (Å²) >= 11 is 0. The van der Waals surface area contributed by atoms with Gasteiger partial charge in [-0.1, -0.05) is 5.16 Å². The summed E-state index contributed by atoms with van der Waals surface area (Å²) in [4.78, 5) is 6.83. The monoisotopic (exact) mass is 222 g/mol. The van der Waals surface area contributed by atoms with Crippen LogP contribution in [0.1, 0.15) is 37.4 Å². The van der Waals surface area contributed by atoms with Gasteiger partial charge in [0.2, 0.25) is 5.89 Å². The standard InChI is InChI=1S/C11H18N4O/c1-8-6-15(5-4-12-8)7-10-13-11(16-14-10)9-2-3-9/h8-9,12H,2-7H2,1H3/t8-/m1/s1. The van der Waals surface area contributed by atoms with E-state index >= 15 is 0 Å². The summed E-state index contributed by atoms with van der Waals surface area (Å²) in [5.74, 6) is 2.25. The third-order valence-electron chi connectivity index (χ3n) is 3.23. The highest BCUT2D eigenvalue weighted by molar-refractivity contribution is 5.01. The van der Waals surface area contributed by atoms with Gasteiger partial charge in [-0.25, -0.2) is 0 Å². The van der Waals surface area contributed by atoms with Crippen LogP contribution in [0.15, 0.2) is 4.52 Å². The molecule has 88 valence electrons. The molecular formula is C11H18N4O. The largest absolute Gasteiger partial charge is 0.339 e. The molecule has 1 atom stereocenters. The first-order chi connectivity index (χ1) is 7.81. The van der Waals surface area contributed by atoms with Crippen molar-refractivity contribution in [3.8, 4) is 0 Å². The lowest BCUT2D eigenvalue weighted by Gasteiger charge is -2.30. The normalized spacial score (nSPS) is 27.2. The molecule has 1 saturated heterocycles. The second-order valence-corrected chi connectivity index (χ2v) is 4.91. The van der Waals surface area contributed by atoms with Crippen LogP contribution < -0.4 is 5.32 Å². The molecular weight excluding hydrogens is 204 g/mol. The maximum atomic E-state index is 5.25. The Hall–Kier alpha value is -0.940. The van der Waals surface area contributed by atoms with Gasteiger partial charge in [0.1, 0.15) is 0 Å². The first kappa shape index (κ1) is 10.2. The molecule has 0 unspecified atom stereocenters. The summed E-state index contributed by atoms with van der Waals surface area (Å²) in [6.45, 7) is 6.21. The SMILES string of the molecule is C[C@@H]1CN(Cc2noc(C3CC3)n2)CCN1. The Morgan fingerprint density at radius 2 is 2.38 bits per heavy atom. The number of nitrogens with one attached hydrogen (secondary N) is 1. The molecule has 0 amide bonds. The van der Waals surface area contributed by atoms with Gasteiger partial charge in [0.25, 0.3) is 0 Å². The van der Waals surface area contributed by atoms with Gasteiger partial charge in [0.15, 0.2) is 5.82 Å². The molecule has 1 aliphatic carbocycles. The minimum atomic E-state index is 0.559. The third-order valence-corrected chi connectivity index (χ3v) is 3.23. The second kappa shape index (κ2) is 4.14. The number of aromatic nitrogens is 2. The average Bonchev–Trinajstić information content (AvgIpc) is 3.01. The Balaban J connectivity index is 1.59. The Kier molecular flexibility index (Phi) is 2.65. The number of rotatable bonds is 3. The molecule has 0 aromatic carbocycles. The summed E-state index contributed by atoms with van der Waals surface area (Å²) in [5.41, 5.74) is 0. The van der Waals surface area contributed by atoms with Crippen LogP contribution in [0.25, 0.3) is 0 Å². The zero-order valence-corrected chi connectivity index (χ0v) is 9.65. The van der Waals surface area contributed by atoms with Crippen LogP contribution in [-0.2, 0) is 6.54 Å². The molecule has 1 aromatic rings. The number of nitrogens with zero attached hydrogens (tertiary/aromatic N) is 3. The molecule has 1 aromatic heterocycles. The van der Waals surface area contributed by atoms with Crippen molar-refractivity contribution in [1.82, 2.24) is 20.4 Å². The lowest BCUT2D eigenvalue weighted by molar-refractivity contribution is 0.193. The van der Waals surface area contributed by atoms with E-state index in [0.717, 1.165) is 37.9 Å². The van der Waals surface area contributed by atoms with Gasteiger partial charge in [0.05, 0.1) is 6.54 Å². The lowest BCUT2D eigenvalue weighted by atomic mass is 10.2. The molecule has 0 bridgehead atoms. The summed E-state index contributed by atoms with van der Waals surface area (Å²) < 4.78 is 5.25. The smallest absolute Gasteiger partial charge is 0.229 e. The van der Waals surface area contributed by atoms with Gasteiger partial charge in [-0.05, 0) is 19.8 Å². The van der Waals surface area contributed by atoms with Crippen molar-refractivity contribution in [2.45, 2.75) is 38.3 Å². The van der Waals surface area contributed by atoms with E-state index in [4.69, 9.17) is 4.52 Å². The Morgan fingerprint density at radius 1 is 1.50 bits per heavy atom. The highest BCUT2D eigenvalue weighted by atomic mass is 16.5. The number of piperazine rings is 1. The van der Waals surface area contributed by atoms with Crippen LogP contribution >= 0.6 is 0 Å². The van der Waals surface area contributed by atoms with E-state index in [1.165, 1.54) is 12.8 Å². The average molecular weight is 222 g/mol. The quantitative estimate of drug-likeness (QED) is 0.817. The van der Waals surface area contributed by atoms with Gasteiger partial charge in [-0.2, -0.15) is 4.98 Å². The van der Waals surface area contributed by atoms with E-state index in [-0.39, 0.29) is 0 Å². The van der Waals surface area contributed by atoms with Gasteiger partial charge < -0.3 is 9.84 Å². The topological polar surface area (TPSA) is 54.2 Å². The summed E-state index contributed by atoms with van der Waals surface area (Å²) in [7, 11) is 0. The first-order valence-electron chi connectivity index (χ1n) is 6.09. The highest BCUT2D eigenvalue weighted by Gasteiger charge is 2.30. The molecule has 5 heteroatoms. The predicted octanol–water partition coefficient (Wildman–Crippen LogP) is 0.741. The van der Waals surface area contributed by atoms with E-state index in [1.807, 2.05) is 0 Å². The van der Waals surface area contributed by atoms with E-state index in [0.29, 0.717) is 12.0 Å². The Bertz CT molecular complexity index is 361. The summed E-state index contributed by atoms with van der Waals surface area (Å²) in [5, 5.41) is 7.47. The van der Waals surface area contributed by atoms with Gasteiger partial charge in [-0.15, -0.1) is 0 Å². The number of hydrogen-bond donors (Lipinski definition) is 1. The van der Waals surface area contributed by atoms with Crippen LogP contribution in [0.2, 0.25) is 0 Å². The predicted molar refractivity (Wildman–Crippen MR) is 59.0 cm³/mol. The van der Waals surface area contributed by atoms with E-state index < -0.39 is 0 Å². The van der Waals surface area contributed by atoms with Gasteiger partial charge in [-0.3, -0.25) is 4.90 Å². The van der Waals surface area contributed by atoms with E-state index in [2.05, 4.69) is 27.3 Å². The molecule has 5 nitrogen and oxygen atoms in total. The molecule has 1 aliphatic heterocycles. The minimum absolute atomic E-state index is 0.559. The maximum absolute atomic E-state index is 5.25. The molecule has 1 N–H and O–H groups in total. The van der Waals surface area contributed by atoms with Crippen LogP contribution in [0, 0.1) is 0 Å². The van der Waals surface area contributed by atoms with Crippen molar-refractivity contribution in [3.05, 3.63) is 11.7 Å².